The summed E-state index contributed by atoms with van der Waals surface area (Å²) in [6.45, 7) is 5.66. The van der Waals surface area contributed by atoms with Crippen LogP contribution in [0, 0.1) is 5.41 Å². The van der Waals surface area contributed by atoms with E-state index in [1.807, 2.05) is 19.9 Å². The Labute approximate surface area is 112 Å². The zero-order chi connectivity index (χ0) is 13.8. The van der Waals surface area contributed by atoms with E-state index in [0.29, 0.717) is 6.42 Å². The SMILES string of the molecule is CCC(=O)Nc1ccc2c(c1)C1OC1C(C)(C)C2=O. The minimum Gasteiger partial charge on any atom is -0.363 e. The molecule has 1 aliphatic carbocycles. The lowest BCUT2D eigenvalue weighted by molar-refractivity contribution is -0.115. The molecule has 1 aliphatic heterocycles. The van der Waals surface area contributed by atoms with Gasteiger partial charge < -0.3 is 10.1 Å². The van der Waals surface area contributed by atoms with Crippen LogP contribution in [0.5, 0.6) is 0 Å². The quantitative estimate of drug-likeness (QED) is 0.831. The molecule has 2 atom stereocenters. The number of ketones is 1. The lowest BCUT2D eigenvalue weighted by Crippen LogP contribution is -2.34. The molecule has 2 aliphatic rings. The predicted octanol–water partition coefficient (Wildman–Crippen LogP) is 2.70. The molecule has 0 saturated carbocycles. The van der Waals surface area contributed by atoms with Crippen LogP contribution in [0.25, 0.3) is 0 Å². The van der Waals surface area contributed by atoms with Crippen molar-refractivity contribution in [1.29, 1.82) is 0 Å². The van der Waals surface area contributed by atoms with E-state index in [4.69, 9.17) is 4.74 Å². The highest BCUT2D eigenvalue weighted by Crippen LogP contribution is 2.55. The van der Waals surface area contributed by atoms with Crippen molar-refractivity contribution in [2.24, 2.45) is 5.41 Å². The van der Waals surface area contributed by atoms with Crippen LogP contribution in [0.4, 0.5) is 5.69 Å². The number of nitrogens with one attached hydrogen (secondary N) is 1. The van der Waals surface area contributed by atoms with E-state index in [1.54, 1.807) is 19.1 Å². The van der Waals surface area contributed by atoms with Crippen molar-refractivity contribution in [2.75, 3.05) is 5.32 Å². The summed E-state index contributed by atoms with van der Waals surface area (Å²) >= 11 is 0. The molecule has 4 nitrogen and oxygen atoms in total. The van der Waals surface area contributed by atoms with Gasteiger partial charge in [0.05, 0.1) is 5.41 Å². The maximum absolute atomic E-state index is 12.4. The van der Waals surface area contributed by atoms with Gasteiger partial charge in [0.15, 0.2) is 5.78 Å². The van der Waals surface area contributed by atoms with Crippen LogP contribution in [0.3, 0.4) is 0 Å². The second-order valence-electron chi connectivity index (χ2n) is 5.73. The molecule has 2 unspecified atom stereocenters. The summed E-state index contributed by atoms with van der Waals surface area (Å²) in [6, 6.07) is 5.44. The molecule has 1 amide bonds. The van der Waals surface area contributed by atoms with E-state index in [-0.39, 0.29) is 23.9 Å². The molecule has 1 fully saturated rings. The molecule has 1 saturated heterocycles. The van der Waals surface area contributed by atoms with E-state index in [2.05, 4.69) is 5.32 Å². The largest absolute Gasteiger partial charge is 0.363 e. The second kappa shape index (κ2) is 3.90. The molecule has 0 spiro atoms. The van der Waals surface area contributed by atoms with Gasteiger partial charge in [0.1, 0.15) is 12.2 Å². The predicted molar refractivity (Wildman–Crippen MR) is 71.1 cm³/mol. The standard InChI is InChI=1S/C15H17NO3/c1-4-11(17)16-8-5-6-9-10(7-8)12-14(19-12)15(2,3)13(9)18/h5-7,12,14H,4H2,1-3H3,(H,16,17). The molecule has 19 heavy (non-hydrogen) atoms. The van der Waals surface area contributed by atoms with Gasteiger partial charge in [0.25, 0.3) is 0 Å². The third-order valence-corrected chi connectivity index (χ3v) is 4.00. The van der Waals surface area contributed by atoms with Crippen LogP contribution in [0.1, 0.15) is 49.2 Å². The normalized spacial score (nSPS) is 26.4. The van der Waals surface area contributed by atoms with E-state index >= 15 is 0 Å². The zero-order valence-electron chi connectivity index (χ0n) is 11.3. The lowest BCUT2D eigenvalue weighted by Gasteiger charge is -2.26. The molecule has 1 heterocycles. The average Bonchev–Trinajstić information content (AvgIpc) is 3.17. The first-order valence-corrected chi connectivity index (χ1v) is 6.59. The van der Waals surface area contributed by atoms with Gasteiger partial charge in [-0.25, -0.2) is 0 Å². The Morgan fingerprint density at radius 3 is 2.84 bits per heavy atom. The Morgan fingerprint density at radius 2 is 2.16 bits per heavy atom. The van der Waals surface area contributed by atoms with Gasteiger partial charge in [-0.3, -0.25) is 9.59 Å². The molecule has 1 aromatic rings. The molecule has 4 heteroatoms. The third kappa shape index (κ3) is 1.78. The van der Waals surface area contributed by atoms with Crippen molar-refractivity contribution in [3.05, 3.63) is 29.3 Å². The molecule has 0 radical (unpaired) electrons. The molecule has 100 valence electrons. The number of carbonyl (C=O) groups excluding carboxylic acids is 2. The number of Topliss-reactive ketones (excluding diaryl/α,β-unsaturated/α-hetero) is 1. The van der Waals surface area contributed by atoms with Crippen LogP contribution in [0.2, 0.25) is 0 Å². The highest BCUT2D eigenvalue weighted by molar-refractivity contribution is 6.04. The number of anilines is 1. The van der Waals surface area contributed by atoms with E-state index < -0.39 is 5.41 Å². The molecule has 1 aromatic carbocycles. The van der Waals surface area contributed by atoms with Crippen LogP contribution >= 0.6 is 0 Å². The van der Waals surface area contributed by atoms with Gasteiger partial charge in [-0.1, -0.05) is 6.92 Å². The summed E-state index contributed by atoms with van der Waals surface area (Å²) in [5.74, 6) is 0.0882. The number of hydrogen-bond donors (Lipinski definition) is 1. The summed E-state index contributed by atoms with van der Waals surface area (Å²) in [5, 5.41) is 2.81. The Balaban J connectivity index is 1.97. The van der Waals surface area contributed by atoms with E-state index in [1.165, 1.54) is 0 Å². The molecule has 3 rings (SSSR count). The lowest BCUT2D eigenvalue weighted by atomic mass is 9.73. The number of amides is 1. The average molecular weight is 259 g/mol. The van der Waals surface area contributed by atoms with Gasteiger partial charge in [-0.15, -0.1) is 0 Å². The number of benzene rings is 1. The fourth-order valence-corrected chi connectivity index (χ4v) is 2.71. The van der Waals surface area contributed by atoms with Crippen molar-refractivity contribution in [3.8, 4) is 0 Å². The van der Waals surface area contributed by atoms with Crippen LogP contribution < -0.4 is 5.32 Å². The number of fused-ring (bicyclic) bond motifs is 3. The van der Waals surface area contributed by atoms with Gasteiger partial charge in [0, 0.05) is 17.7 Å². The summed E-state index contributed by atoms with van der Waals surface area (Å²) in [6.07, 6.45) is 0.414. The Kier molecular flexibility index (Phi) is 2.54. The molecule has 0 bridgehead atoms. The fraction of sp³-hybridized carbons (Fsp3) is 0.467. The minimum absolute atomic E-state index is 0.00109. The fourth-order valence-electron chi connectivity index (χ4n) is 2.71. The summed E-state index contributed by atoms with van der Waals surface area (Å²) < 4.78 is 5.64. The van der Waals surface area contributed by atoms with Gasteiger partial charge in [-0.05, 0) is 37.6 Å². The highest BCUT2D eigenvalue weighted by atomic mass is 16.6. The summed E-state index contributed by atoms with van der Waals surface area (Å²) in [7, 11) is 0. The smallest absolute Gasteiger partial charge is 0.224 e. The van der Waals surface area contributed by atoms with Gasteiger partial charge in [0.2, 0.25) is 5.91 Å². The first-order chi connectivity index (χ1) is 8.95. The van der Waals surface area contributed by atoms with E-state index in [9.17, 15) is 9.59 Å². The first kappa shape index (κ1) is 12.4. The zero-order valence-corrected chi connectivity index (χ0v) is 11.3. The number of carbonyl (C=O) groups is 2. The first-order valence-electron chi connectivity index (χ1n) is 6.59. The molecular formula is C15H17NO3. The van der Waals surface area contributed by atoms with Crippen LogP contribution in [0.15, 0.2) is 18.2 Å². The second-order valence-corrected chi connectivity index (χ2v) is 5.73. The molecule has 0 aromatic heterocycles. The Morgan fingerprint density at radius 1 is 1.42 bits per heavy atom. The number of rotatable bonds is 2. The van der Waals surface area contributed by atoms with Crippen LogP contribution in [-0.2, 0) is 9.53 Å². The number of epoxide rings is 1. The van der Waals surface area contributed by atoms with Crippen LogP contribution in [-0.4, -0.2) is 17.8 Å². The van der Waals surface area contributed by atoms with Gasteiger partial charge >= 0.3 is 0 Å². The summed E-state index contributed by atoms with van der Waals surface area (Å²) in [5.41, 5.74) is 1.90. The maximum atomic E-state index is 12.4. The topological polar surface area (TPSA) is 58.7 Å². The van der Waals surface area contributed by atoms with E-state index in [0.717, 1.165) is 16.8 Å². The van der Waals surface area contributed by atoms with Crippen molar-refractivity contribution >= 4 is 17.4 Å². The van der Waals surface area contributed by atoms with Crippen molar-refractivity contribution in [1.82, 2.24) is 0 Å². The highest BCUT2D eigenvalue weighted by Gasteiger charge is 2.58. The number of hydrogen-bond acceptors (Lipinski definition) is 3. The molecular weight excluding hydrogens is 242 g/mol. The van der Waals surface area contributed by atoms with Crippen molar-refractivity contribution in [3.63, 3.8) is 0 Å². The number of ether oxygens (including phenoxy) is 1. The van der Waals surface area contributed by atoms with Gasteiger partial charge in [-0.2, -0.15) is 0 Å². The Bertz CT molecular complexity index is 577. The molecule has 1 N–H and O–H groups in total. The van der Waals surface area contributed by atoms with Crippen molar-refractivity contribution < 1.29 is 14.3 Å². The van der Waals surface area contributed by atoms with Crippen molar-refractivity contribution in [2.45, 2.75) is 39.4 Å². The Hall–Kier alpha value is -1.68. The maximum Gasteiger partial charge on any atom is 0.224 e. The summed E-state index contributed by atoms with van der Waals surface area (Å²) in [4.78, 5) is 23.8. The monoisotopic (exact) mass is 259 g/mol. The third-order valence-electron chi connectivity index (χ3n) is 4.00. The minimum atomic E-state index is -0.453.